The van der Waals surface area contributed by atoms with Crippen molar-refractivity contribution in [2.45, 2.75) is 0 Å². The van der Waals surface area contributed by atoms with Gasteiger partial charge in [0.15, 0.2) is 11.4 Å². The van der Waals surface area contributed by atoms with E-state index >= 15 is 5.21 Å². The van der Waals surface area contributed by atoms with E-state index in [-0.39, 0.29) is 5.57 Å². The van der Waals surface area contributed by atoms with Crippen LogP contribution in [0.25, 0.3) is 39.5 Å². The van der Waals surface area contributed by atoms with Crippen molar-refractivity contribution < 1.29 is 0 Å². The normalized spacial score (nSPS) is 11.9. The van der Waals surface area contributed by atoms with Crippen molar-refractivity contribution in [3.8, 4) is 45.5 Å². The molecule has 0 amide bonds. The van der Waals surface area contributed by atoms with E-state index in [0.29, 0.717) is 22.6 Å². The fraction of sp³-hybridized carbons (Fsp3) is 0. The minimum Gasteiger partial charge on any atom is -0.616 e. The average molecular weight is 822 g/mol. The number of para-hydroxylation sites is 4. The quantitative estimate of drug-likeness (QED) is 0.0780. The molecule has 6 heteroatoms. The topological polar surface area (TPSA) is 77.1 Å². The van der Waals surface area contributed by atoms with Gasteiger partial charge in [0.05, 0.1) is 11.1 Å². The lowest BCUT2D eigenvalue weighted by atomic mass is 9.96. The van der Waals surface area contributed by atoms with Gasteiger partial charge in [0.25, 0.3) is 0 Å². The van der Waals surface area contributed by atoms with Gasteiger partial charge in [-0.3, -0.25) is 4.65 Å². The second-order valence-electron chi connectivity index (χ2n) is 15.6. The third kappa shape index (κ3) is 7.28. The Bertz CT molecular complexity index is 2940. The van der Waals surface area contributed by atoms with Gasteiger partial charge in [0.2, 0.25) is 0 Å². The highest BCUT2D eigenvalue weighted by molar-refractivity contribution is 6.01. The summed E-state index contributed by atoms with van der Waals surface area (Å²) >= 11 is 0. The summed E-state index contributed by atoms with van der Waals surface area (Å²) in [6.07, 6.45) is 1.53. The van der Waals surface area contributed by atoms with Gasteiger partial charge in [0.1, 0.15) is 23.4 Å². The van der Waals surface area contributed by atoms with Crippen LogP contribution >= 0.6 is 0 Å². The molecule has 1 aliphatic heterocycles. The monoisotopic (exact) mass is 821 g/mol. The largest absolute Gasteiger partial charge is 0.616 e. The Hall–Kier alpha value is -8.78. The number of hydrogen-bond acceptors (Lipinski definition) is 5. The van der Waals surface area contributed by atoms with E-state index in [4.69, 9.17) is 0 Å². The molecule has 302 valence electrons. The Labute approximate surface area is 373 Å². The van der Waals surface area contributed by atoms with Crippen LogP contribution in [0.4, 0.5) is 51.2 Å². The fourth-order valence-electron chi connectivity index (χ4n) is 8.67. The molecule has 0 unspecified atom stereocenters. The van der Waals surface area contributed by atoms with Crippen molar-refractivity contribution in [2.75, 3.05) is 9.80 Å². The summed E-state index contributed by atoms with van der Waals surface area (Å²) in [5.41, 5.74) is 14.5. The highest BCUT2D eigenvalue weighted by atomic mass is 16.5. The molecule has 0 aromatic heterocycles. The van der Waals surface area contributed by atoms with Gasteiger partial charge >= 0.3 is 0 Å². The number of rotatable bonds is 10. The van der Waals surface area contributed by atoms with Gasteiger partial charge in [0, 0.05) is 58.4 Å². The van der Waals surface area contributed by atoms with Crippen LogP contribution < -0.4 is 14.4 Å². The van der Waals surface area contributed by atoms with Crippen LogP contribution in [-0.4, -0.2) is 0 Å². The zero-order chi connectivity index (χ0) is 43.5. The number of allylic oxidation sites excluding steroid dienone is 1. The maximum absolute atomic E-state index is 15.7. The molecule has 10 rings (SSSR count). The molecule has 0 atom stereocenters. The van der Waals surface area contributed by atoms with Gasteiger partial charge in [-0.2, -0.15) is 10.5 Å². The third-order valence-corrected chi connectivity index (χ3v) is 11.7. The zero-order valence-electron chi connectivity index (χ0n) is 34.7. The van der Waals surface area contributed by atoms with Crippen molar-refractivity contribution in [3.05, 3.63) is 247 Å². The van der Waals surface area contributed by atoms with E-state index in [0.717, 1.165) is 67.5 Å². The Kier molecular flexibility index (Phi) is 10.4. The molecule has 0 N–H and O–H groups in total. The zero-order valence-corrected chi connectivity index (χ0v) is 34.7. The van der Waals surface area contributed by atoms with Crippen molar-refractivity contribution in [1.82, 2.24) is 4.65 Å². The lowest BCUT2D eigenvalue weighted by Gasteiger charge is -2.38. The number of anilines is 6. The van der Waals surface area contributed by atoms with Gasteiger partial charge in [-0.15, -0.1) is 0 Å². The summed E-state index contributed by atoms with van der Waals surface area (Å²) in [5, 5.41) is 34.4. The molecule has 1 aliphatic rings. The lowest BCUT2D eigenvalue weighted by molar-refractivity contribution is 0.710. The maximum Gasteiger partial charge on any atom is 0.151 e. The van der Waals surface area contributed by atoms with Crippen molar-refractivity contribution in [3.63, 3.8) is 0 Å². The molecule has 9 aromatic carbocycles. The molecule has 0 fully saturated rings. The number of nitrogens with zero attached hydrogens (tertiary/aromatic N) is 5. The summed E-state index contributed by atoms with van der Waals surface area (Å²) in [5.74, 6) is 0. The number of hydrogen-bond donors (Lipinski definition) is 0. The Morgan fingerprint density at radius 2 is 0.719 bits per heavy atom. The van der Waals surface area contributed by atoms with E-state index in [1.165, 1.54) is 6.08 Å². The van der Waals surface area contributed by atoms with Crippen LogP contribution in [0, 0.1) is 27.9 Å². The SMILES string of the molecule is N#CC(C#N)=Cc1ccc([N+]2([O-])c3ccc(-c4ccc(N(c5ccccc5)c5ccccc5)cc4)cc3-c3cc(-c4ccc(N(c5ccccc5)c5ccccc5)cc4)ccc32)cc1. The van der Waals surface area contributed by atoms with Crippen molar-refractivity contribution in [1.29, 1.82) is 10.5 Å². The van der Waals surface area contributed by atoms with Crippen LogP contribution in [-0.2, 0) is 0 Å². The van der Waals surface area contributed by atoms with E-state index in [1.807, 2.05) is 109 Å². The lowest BCUT2D eigenvalue weighted by Crippen LogP contribution is -2.29. The molecule has 0 aliphatic carbocycles. The fourth-order valence-corrected chi connectivity index (χ4v) is 8.67. The van der Waals surface area contributed by atoms with Crippen LogP contribution in [0.2, 0.25) is 0 Å². The first-order valence-corrected chi connectivity index (χ1v) is 21.1. The molecule has 6 nitrogen and oxygen atoms in total. The van der Waals surface area contributed by atoms with E-state index in [2.05, 4.69) is 119 Å². The van der Waals surface area contributed by atoms with E-state index in [1.54, 1.807) is 24.3 Å². The first-order valence-electron chi connectivity index (χ1n) is 21.1. The van der Waals surface area contributed by atoms with Crippen LogP contribution in [0.5, 0.6) is 0 Å². The van der Waals surface area contributed by atoms with Gasteiger partial charge < -0.3 is 15.0 Å². The summed E-state index contributed by atoms with van der Waals surface area (Å²) < 4.78 is -0.789. The molecule has 1 heterocycles. The predicted octanol–water partition coefficient (Wildman–Crippen LogP) is 15.8. The molecule has 0 saturated heterocycles. The summed E-state index contributed by atoms with van der Waals surface area (Å²) in [6.45, 7) is 0. The minimum atomic E-state index is -0.789. The summed E-state index contributed by atoms with van der Waals surface area (Å²) in [6, 6.07) is 81.7. The molecule has 9 aromatic rings. The Morgan fingerprint density at radius 1 is 0.391 bits per heavy atom. The number of fused-ring (bicyclic) bond motifs is 3. The summed E-state index contributed by atoms with van der Waals surface area (Å²) in [4.78, 5) is 4.48. The number of quaternary nitrogens is 1. The second-order valence-corrected chi connectivity index (χ2v) is 15.6. The van der Waals surface area contributed by atoms with Crippen LogP contribution in [0.1, 0.15) is 5.56 Å². The minimum absolute atomic E-state index is 0.00237. The Morgan fingerprint density at radius 3 is 1.06 bits per heavy atom. The highest BCUT2D eigenvalue weighted by Crippen LogP contribution is 2.58. The first kappa shape index (κ1) is 39.4. The standard InChI is InChI=1S/C58H39N5O/c59-40-43(41-60)37-42-21-33-54(34-22-42)63(64)57-35-27-46(44-23-29-52(30-24-44)61(48-13-5-1-6-14-48)49-15-7-2-8-16-49)38-55(57)56-39-47(28-36-58(56)63)45-25-31-53(32-26-45)62(50-17-9-3-10-18-50)51-19-11-4-12-20-51/h1-39H. The molecule has 64 heavy (non-hydrogen) atoms. The molecule has 0 bridgehead atoms. The van der Waals surface area contributed by atoms with Gasteiger partial charge in [-0.05, 0) is 143 Å². The van der Waals surface area contributed by atoms with Gasteiger partial charge in [-0.1, -0.05) is 97.1 Å². The average Bonchev–Trinajstić information content (AvgIpc) is 3.62. The van der Waals surface area contributed by atoms with Crippen molar-refractivity contribution >= 4 is 57.3 Å². The molecule has 0 spiro atoms. The molecular weight excluding hydrogens is 783 g/mol. The van der Waals surface area contributed by atoms with Crippen LogP contribution in [0.3, 0.4) is 0 Å². The van der Waals surface area contributed by atoms with Crippen LogP contribution in [0.15, 0.2) is 236 Å². The number of benzene rings is 9. The van der Waals surface area contributed by atoms with Crippen molar-refractivity contribution in [2.24, 2.45) is 0 Å². The Balaban J connectivity index is 1.05. The molecular formula is C58H39N5O. The smallest absolute Gasteiger partial charge is 0.151 e. The van der Waals surface area contributed by atoms with E-state index in [9.17, 15) is 10.5 Å². The highest BCUT2D eigenvalue weighted by Gasteiger charge is 2.40. The third-order valence-electron chi connectivity index (χ3n) is 11.7. The molecule has 0 saturated carbocycles. The molecule has 0 radical (unpaired) electrons. The second kappa shape index (κ2) is 16.9. The van der Waals surface area contributed by atoms with E-state index < -0.39 is 4.65 Å². The maximum atomic E-state index is 15.7. The first-order chi connectivity index (χ1) is 31.5. The van der Waals surface area contributed by atoms with Gasteiger partial charge in [-0.25, -0.2) is 0 Å². The summed E-state index contributed by atoms with van der Waals surface area (Å²) in [7, 11) is 0. The number of nitriles is 2. The predicted molar refractivity (Wildman–Crippen MR) is 262 cm³/mol.